The van der Waals surface area contributed by atoms with Gasteiger partial charge in [0.1, 0.15) is 5.75 Å². The fourth-order valence-corrected chi connectivity index (χ4v) is 1.38. The molecular weight excluding hydrogens is 174 g/mol. The van der Waals surface area contributed by atoms with Crippen molar-refractivity contribution in [3.05, 3.63) is 42.0 Å². The van der Waals surface area contributed by atoms with Gasteiger partial charge >= 0.3 is 0 Å². The first kappa shape index (κ1) is 10.8. The fourth-order valence-electron chi connectivity index (χ4n) is 1.38. The van der Waals surface area contributed by atoms with Crippen molar-refractivity contribution in [2.45, 2.75) is 19.4 Å². The van der Waals surface area contributed by atoms with Crippen LogP contribution in [0.25, 0.3) is 0 Å². The van der Waals surface area contributed by atoms with Crippen molar-refractivity contribution in [3.8, 4) is 5.75 Å². The third-order valence-electron chi connectivity index (χ3n) is 2.28. The molecule has 1 rings (SSSR count). The van der Waals surface area contributed by atoms with Gasteiger partial charge in [-0.05, 0) is 30.5 Å². The highest BCUT2D eigenvalue weighted by Crippen LogP contribution is 2.23. The molecule has 2 N–H and O–H groups in total. The number of methoxy groups -OCH3 is 1. The quantitative estimate of drug-likeness (QED) is 0.742. The maximum absolute atomic E-state index is 5.95. The van der Waals surface area contributed by atoms with Crippen LogP contribution >= 0.6 is 0 Å². The van der Waals surface area contributed by atoms with Crippen LogP contribution < -0.4 is 10.5 Å². The Morgan fingerprint density at radius 1 is 1.57 bits per heavy atom. The molecule has 0 saturated carbocycles. The van der Waals surface area contributed by atoms with E-state index in [1.54, 1.807) is 7.11 Å². The van der Waals surface area contributed by atoms with Crippen molar-refractivity contribution in [3.63, 3.8) is 0 Å². The Bertz CT molecular complexity index is 320. The standard InChI is InChI=1S/C12H17NO/c1-4-5-11(13)10-7-6-9(2)12(8-10)14-3/h4,6-8,11H,1,5,13H2,2-3H3/t11-/m1/s1. The zero-order valence-electron chi connectivity index (χ0n) is 8.79. The predicted molar refractivity (Wildman–Crippen MR) is 59.5 cm³/mol. The molecule has 1 aromatic carbocycles. The maximum Gasteiger partial charge on any atom is 0.122 e. The zero-order valence-corrected chi connectivity index (χ0v) is 8.79. The second-order valence-electron chi connectivity index (χ2n) is 3.36. The van der Waals surface area contributed by atoms with Crippen LogP contribution in [0.15, 0.2) is 30.9 Å². The number of hydrogen-bond acceptors (Lipinski definition) is 2. The summed E-state index contributed by atoms with van der Waals surface area (Å²) in [5.74, 6) is 0.891. The van der Waals surface area contributed by atoms with Gasteiger partial charge in [0.25, 0.3) is 0 Å². The van der Waals surface area contributed by atoms with E-state index < -0.39 is 0 Å². The van der Waals surface area contributed by atoms with Crippen LogP contribution in [0, 0.1) is 6.92 Å². The Kier molecular flexibility index (Phi) is 3.72. The van der Waals surface area contributed by atoms with E-state index in [0.717, 1.165) is 23.3 Å². The first-order valence-electron chi connectivity index (χ1n) is 4.70. The number of ether oxygens (including phenoxy) is 1. The first-order valence-corrected chi connectivity index (χ1v) is 4.70. The summed E-state index contributed by atoms with van der Waals surface area (Å²) >= 11 is 0. The lowest BCUT2D eigenvalue weighted by atomic mass is 10.0. The molecule has 2 heteroatoms. The molecule has 0 aliphatic carbocycles. The summed E-state index contributed by atoms with van der Waals surface area (Å²) in [6.07, 6.45) is 2.61. The molecule has 0 aromatic heterocycles. The van der Waals surface area contributed by atoms with E-state index in [1.165, 1.54) is 0 Å². The van der Waals surface area contributed by atoms with Gasteiger partial charge in [0.15, 0.2) is 0 Å². The third-order valence-corrected chi connectivity index (χ3v) is 2.28. The molecule has 76 valence electrons. The summed E-state index contributed by atoms with van der Waals surface area (Å²) in [4.78, 5) is 0. The van der Waals surface area contributed by atoms with Gasteiger partial charge in [-0.3, -0.25) is 0 Å². The molecule has 0 radical (unpaired) electrons. The van der Waals surface area contributed by atoms with Gasteiger partial charge in [0.05, 0.1) is 7.11 Å². The van der Waals surface area contributed by atoms with Crippen LogP contribution in [-0.2, 0) is 0 Å². The smallest absolute Gasteiger partial charge is 0.122 e. The Labute approximate surface area is 85.4 Å². The number of rotatable bonds is 4. The lowest BCUT2D eigenvalue weighted by Crippen LogP contribution is -2.09. The summed E-state index contributed by atoms with van der Waals surface area (Å²) < 4.78 is 5.23. The Balaban J connectivity index is 2.93. The second-order valence-corrected chi connectivity index (χ2v) is 3.36. The van der Waals surface area contributed by atoms with Crippen molar-refractivity contribution in [1.82, 2.24) is 0 Å². The number of benzene rings is 1. The monoisotopic (exact) mass is 191 g/mol. The average molecular weight is 191 g/mol. The topological polar surface area (TPSA) is 35.2 Å². The zero-order chi connectivity index (χ0) is 10.6. The molecule has 0 aliphatic heterocycles. The first-order chi connectivity index (χ1) is 6.69. The highest BCUT2D eigenvalue weighted by atomic mass is 16.5. The molecule has 14 heavy (non-hydrogen) atoms. The van der Waals surface area contributed by atoms with Crippen molar-refractivity contribution in [2.24, 2.45) is 5.73 Å². The number of hydrogen-bond donors (Lipinski definition) is 1. The largest absolute Gasteiger partial charge is 0.496 e. The Morgan fingerprint density at radius 2 is 2.29 bits per heavy atom. The molecule has 0 saturated heterocycles. The summed E-state index contributed by atoms with van der Waals surface area (Å²) in [7, 11) is 1.67. The summed E-state index contributed by atoms with van der Waals surface area (Å²) in [5.41, 5.74) is 8.17. The van der Waals surface area contributed by atoms with E-state index >= 15 is 0 Å². The molecule has 0 unspecified atom stereocenters. The van der Waals surface area contributed by atoms with Crippen molar-refractivity contribution >= 4 is 0 Å². The van der Waals surface area contributed by atoms with Gasteiger partial charge in [-0.25, -0.2) is 0 Å². The van der Waals surface area contributed by atoms with E-state index in [2.05, 4.69) is 6.58 Å². The lowest BCUT2D eigenvalue weighted by Gasteiger charge is -2.12. The van der Waals surface area contributed by atoms with Gasteiger partial charge in [-0.2, -0.15) is 0 Å². The van der Waals surface area contributed by atoms with Crippen LogP contribution in [0.3, 0.4) is 0 Å². The van der Waals surface area contributed by atoms with Crippen LogP contribution in [0.2, 0.25) is 0 Å². The molecule has 1 atom stereocenters. The molecular formula is C12H17NO. The van der Waals surface area contributed by atoms with Gasteiger partial charge in [0.2, 0.25) is 0 Å². The molecule has 0 fully saturated rings. The Morgan fingerprint density at radius 3 is 2.86 bits per heavy atom. The van der Waals surface area contributed by atoms with E-state index in [1.807, 2.05) is 31.2 Å². The van der Waals surface area contributed by atoms with Gasteiger partial charge in [0, 0.05) is 6.04 Å². The molecule has 0 spiro atoms. The SMILES string of the molecule is C=CC[C@@H](N)c1ccc(C)c(OC)c1. The van der Waals surface area contributed by atoms with E-state index in [9.17, 15) is 0 Å². The van der Waals surface area contributed by atoms with Gasteiger partial charge < -0.3 is 10.5 Å². The minimum absolute atomic E-state index is 0.0157. The average Bonchev–Trinajstić information content (AvgIpc) is 2.19. The van der Waals surface area contributed by atoms with Crippen LogP contribution in [0.4, 0.5) is 0 Å². The molecule has 0 amide bonds. The van der Waals surface area contributed by atoms with E-state index in [0.29, 0.717) is 0 Å². The molecule has 1 aromatic rings. The van der Waals surface area contributed by atoms with Crippen molar-refractivity contribution < 1.29 is 4.74 Å². The highest BCUT2D eigenvalue weighted by molar-refractivity contribution is 5.37. The van der Waals surface area contributed by atoms with Crippen LogP contribution in [0.1, 0.15) is 23.6 Å². The number of aryl methyl sites for hydroxylation is 1. The van der Waals surface area contributed by atoms with Crippen molar-refractivity contribution in [2.75, 3.05) is 7.11 Å². The van der Waals surface area contributed by atoms with E-state index in [4.69, 9.17) is 10.5 Å². The molecule has 0 heterocycles. The summed E-state index contributed by atoms with van der Waals surface area (Å²) in [6.45, 7) is 5.69. The van der Waals surface area contributed by atoms with E-state index in [-0.39, 0.29) is 6.04 Å². The summed E-state index contributed by atoms with van der Waals surface area (Å²) in [5, 5.41) is 0. The van der Waals surface area contributed by atoms with Crippen LogP contribution in [-0.4, -0.2) is 7.11 Å². The molecule has 2 nitrogen and oxygen atoms in total. The predicted octanol–water partition coefficient (Wildman–Crippen LogP) is 2.58. The lowest BCUT2D eigenvalue weighted by molar-refractivity contribution is 0.410. The van der Waals surface area contributed by atoms with Crippen molar-refractivity contribution in [1.29, 1.82) is 0 Å². The third kappa shape index (κ3) is 2.36. The normalized spacial score (nSPS) is 12.2. The second kappa shape index (κ2) is 4.82. The van der Waals surface area contributed by atoms with Gasteiger partial charge in [-0.1, -0.05) is 18.2 Å². The minimum atomic E-state index is 0.0157. The molecule has 0 aliphatic rings. The highest BCUT2D eigenvalue weighted by Gasteiger charge is 2.06. The molecule has 0 bridgehead atoms. The maximum atomic E-state index is 5.95. The minimum Gasteiger partial charge on any atom is -0.496 e. The van der Waals surface area contributed by atoms with Gasteiger partial charge in [-0.15, -0.1) is 6.58 Å². The number of nitrogens with two attached hydrogens (primary N) is 1. The summed E-state index contributed by atoms with van der Waals surface area (Å²) in [6, 6.07) is 6.06. The fraction of sp³-hybridized carbons (Fsp3) is 0.333. The Hall–Kier alpha value is -1.28. The van der Waals surface area contributed by atoms with Crippen LogP contribution in [0.5, 0.6) is 5.75 Å².